The van der Waals surface area contributed by atoms with E-state index in [0.29, 0.717) is 24.4 Å². The number of rotatable bonds is 7. The molecule has 0 aliphatic carbocycles. The van der Waals surface area contributed by atoms with Crippen LogP contribution in [0.1, 0.15) is 11.1 Å². The number of carbonyl (C=O) groups excluding carboxylic acids is 3. The van der Waals surface area contributed by atoms with Crippen molar-refractivity contribution in [1.82, 2.24) is 15.5 Å². The van der Waals surface area contributed by atoms with Crippen LogP contribution in [0.4, 0.5) is 4.79 Å². The average Bonchev–Trinajstić information content (AvgIpc) is 2.92. The van der Waals surface area contributed by atoms with Gasteiger partial charge < -0.3 is 10.6 Å². The van der Waals surface area contributed by atoms with E-state index >= 15 is 0 Å². The van der Waals surface area contributed by atoms with Crippen molar-refractivity contribution in [3.05, 3.63) is 70.7 Å². The third-order valence-corrected chi connectivity index (χ3v) is 4.59. The van der Waals surface area contributed by atoms with Gasteiger partial charge in [-0.05, 0) is 29.7 Å². The van der Waals surface area contributed by atoms with Gasteiger partial charge in [-0.25, -0.2) is 4.79 Å². The molecule has 1 fully saturated rings. The summed E-state index contributed by atoms with van der Waals surface area (Å²) in [5, 5.41) is 6.03. The molecule has 27 heavy (non-hydrogen) atoms. The number of nitrogens with one attached hydrogen (secondary N) is 2. The summed E-state index contributed by atoms with van der Waals surface area (Å²) in [6.45, 7) is 0.133. The second-order valence-corrected chi connectivity index (χ2v) is 6.78. The molecule has 4 amide bonds. The van der Waals surface area contributed by atoms with Crippen LogP contribution in [0.25, 0.3) is 0 Å². The number of halogens is 1. The van der Waals surface area contributed by atoms with Crippen LogP contribution in [0.3, 0.4) is 0 Å². The lowest BCUT2D eigenvalue weighted by atomic mass is 10.1. The Labute approximate surface area is 162 Å². The van der Waals surface area contributed by atoms with Crippen molar-refractivity contribution in [1.29, 1.82) is 0 Å². The third kappa shape index (κ3) is 5.08. The Morgan fingerprint density at radius 3 is 2.44 bits per heavy atom. The predicted molar refractivity (Wildman–Crippen MR) is 102 cm³/mol. The van der Waals surface area contributed by atoms with Crippen molar-refractivity contribution in [3.63, 3.8) is 0 Å². The average molecular weight is 386 g/mol. The number of amides is 4. The number of hydrogen-bond donors (Lipinski definition) is 2. The number of urea groups is 1. The molecule has 2 aromatic carbocycles. The third-order valence-electron chi connectivity index (χ3n) is 4.34. The van der Waals surface area contributed by atoms with Crippen LogP contribution in [0.2, 0.25) is 5.02 Å². The second kappa shape index (κ2) is 8.68. The standard InChI is InChI=1S/C20H20ClN3O3/c21-16-8-6-14(7-9-16)10-11-22-18(25)13-24-19(26)17(23-20(24)27)12-15-4-2-1-3-5-15/h1-9,17H,10-13H2,(H,22,25)(H,23,27)/t17-/m1/s1. The first-order valence-electron chi connectivity index (χ1n) is 8.70. The van der Waals surface area contributed by atoms with Crippen LogP contribution in [0.15, 0.2) is 54.6 Å². The van der Waals surface area contributed by atoms with E-state index in [0.717, 1.165) is 16.0 Å². The van der Waals surface area contributed by atoms with Gasteiger partial charge in [-0.2, -0.15) is 0 Å². The maximum atomic E-state index is 12.4. The van der Waals surface area contributed by atoms with Crippen molar-refractivity contribution in [2.75, 3.05) is 13.1 Å². The van der Waals surface area contributed by atoms with Crippen molar-refractivity contribution in [2.24, 2.45) is 0 Å². The maximum Gasteiger partial charge on any atom is 0.325 e. The fourth-order valence-electron chi connectivity index (χ4n) is 2.91. The molecule has 0 unspecified atom stereocenters. The topological polar surface area (TPSA) is 78.5 Å². The predicted octanol–water partition coefficient (Wildman–Crippen LogP) is 2.16. The Bertz CT molecular complexity index is 824. The van der Waals surface area contributed by atoms with Crippen molar-refractivity contribution < 1.29 is 14.4 Å². The molecule has 1 saturated heterocycles. The molecule has 2 aromatic rings. The number of hydrogen-bond acceptors (Lipinski definition) is 3. The van der Waals surface area contributed by atoms with E-state index in [2.05, 4.69) is 10.6 Å². The second-order valence-electron chi connectivity index (χ2n) is 6.34. The van der Waals surface area contributed by atoms with Crippen molar-refractivity contribution >= 4 is 29.4 Å². The number of nitrogens with zero attached hydrogens (tertiary/aromatic N) is 1. The number of imide groups is 1. The molecule has 3 rings (SSSR count). The zero-order chi connectivity index (χ0) is 19.2. The smallest absolute Gasteiger partial charge is 0.325 e. The first-order valence-corrected chi connectivity index (χ1v) is 9.07. The monoisotopic (exact) mass is 385 g/mol. The van der Waals surface area contributed by atoms with E-state index in [1.165, 1.54) is 0 Å². The summed E-state index contributed by atoms with van der Waals surface area (Å²) in [5.41, 5.74) is 1.99. The minimum absolute atomic E-state index is 0.281. The van der Waals surface area contributed by atoms with Gasteiger partial charge in [-0.1, -0.05) is 54.1 Å². The van der Waals surface area contributed by atoms with E-state index in [-0.39, 0.29) is 18.4 Å². The van der Waals surface area contributed by atoms with E-state index in [1.54, 1.807) is 12.1 Å². The quantitative estimate of drug-likeness (QED) is 0.717. The van der Waals surface area contributed by atoms with Gasteiger partial charge in [0.25, 0.3) is 5.91 Å². The molecule has 1 atom stereocenters. The molecule has 2 N–H and O–H groups in total. The highest BCUT2D eigenvalue weighted by atomic mass is 35.5. The van der Waals surface area contributed by atoms with E-state index in [9.17, 15) is 14.4 Å². The fourth-order valence-corrected chi connectivity index (χ4v) is 3.04. The van der Waals surface area contributed by atoms with Gasteiger partial charge >= 0.3 is 6.03 Å². The van der Waals surface area contributed by atoms with Crippen molar-refractivity contribution in [3.8, 4) is 0 Å². The number of benzene rings is 2. The highest BCUT2D eigenvalue weighted by Crippen LogP contribution is 2.12. The largest absolute Gasteiger partial charge is 0.354 e. The lowest BCUT2D eigenvalue weighted by molar-refractivity contribution is -0.132. The van der Waals surface area contributed by atoms with E-state index < -0.39 is 12.1 Å². The highest BCUT2D eigenvalue weighted by molar-refractivity contribution is 6.30. The van der Waals surface area contributed by atoms with Gasteiger partial charge in [-0.3, -0.25) is 14.5 Å². The summed E-state index contributed by atoms with van der Waals surface area (Å²) < 4.78 is 0. The van der Waals surface area contributed by atoms with Gasteiger partial charge in [0.15, 0.2) is 0 Å². The van der Waals surface area contributed by atoms with Gasteiger partial charge in [0.05, 0.1) is 0 Å². The summed E-state index contributed by atoms with van der Waals surface area (Å²) in [5.74, 6) is -0.746. The zero-order valence-electron chi connectivity index (χ0n) is 14.7. The molecular weight excluding hydrogens is 366 g/mol. The molecular formula is C20H20ClN3O3. The molecule has 1 heterocycles. The molecule has 140 valence electrons. The first kappa shape index (κ1) is 18.9. The van der Waals surface area contributed by atoms with Crippen LogP contribution < -0.4 is 10.6 Å². The highest BCUT2D eigenvalue weighted by Gasteiger charge is 2.38. The molecule has 0 bridgehead atoms. The Morgan fingerprint density at radius 2 is 1.74 bits per heavy atom. The molecule has 0 aromatic heterocycles. The Balaban J connectivity index is 1.47. The van der Waals surface area contributed by atoms with Crippen LogP contribution >= 0.6 is 11.6 Å². The van der Waals surface area contributed by atoms with Gasteiger partial charge in [-0.15, -0.1) is 0 Å². The first-order chi connectivity index (χ1) is 13.0. The summed E-state index contributed by atoms with van der Waals surface area (Å²) in [7, 11) is 0. The minimum atomic E-state index is -0.637. The van der Waals surface area contributed by atoms with Gasteiger partial charge in [0.2, 0.25) is 5.91 Å². The molecule has 1 aliphatic heterocycles. The Morgan fingerprint density at radius 1 is 1.04 bits per heavy atom. The molecule has 0 spiro atoms. The van der Waals surface area contributed by atoms with Crippen LogP contribution in [0.5, 0.6) is 0 Å². The van der Waals surface area contributed by atoms with Crippen LogP contribution in [-0.2, 0) is 22.4 Å². The lowest BCUT2D eigenvalue weighted by Gasteiger charge is -2.13. The molecule has 0 saturated carbocycles. The molecule has 1 aliphatic rings. The lowest BCUT2D eigenvalue weighted by Crippen LogP contribution is -2.41. The summed E-state index contributed by atoms with van der Waals surface area (Å²) in [6, 6.07) is 15.6. The minimum Gasteiger partial charge on any atom is -0.354 e. The Hall–Kier alpha value is -2.86. The Kier molecular flexibility index (Phi) is 6.08. The van der Waals surface area contributed by atoms with E-state index in [4.69, 9.17) is 11.6 Å². The SMILES string of the molecule is O=C(CN1C(=O)N[C@H](Cc2ccccc2)C1=O)NCCc1ccc(Cl)cc1. The normalized spacial score (nSPS) is 16.3. The number of carbonyl (C=O) groups is 3. The molecule has 7 heteroatoms. The van der Waals surface area contributed by atoms with E-state index in [1.807, 2.05) is 42.5 Å². The van der Waals surface area contributed by atoms with Crippen LogP contribution in [0, 0.1) is 0 Å². The maximum absolute atomic E-state index is 12.4. The summed E-state index contributed by atoms with van der Waals surface area (Å²) >= 11 is 5.84. The molecule has 6 nitrogen and oxygen atoms in total. The summed E-state index contributed by atoms with van der Waals surface area (Å²) in [6.07, 6.45) is 1.04. The molecule has 0 radical (unpaired) electrons. The van der Waals surface area contributed by atoms with Gasteiger partial charge in [0, 0.05) is 18.0 Å². The fraction of sp³-hybridized carbons (Fsp3) is 0.250. The zero-order valence-corrected chi connectivity index (χ0v) is 15.4. The van der Waals surface area contributed by atoms with Gasteiger partial charge in [0.1, 0.15) is 12.6 Å². The van der Waals surface area contributed by atoms with Crippen molar-refractivity contribution in [2.45, 2.75) is 18.9 Å². The summed E-state index contributed by atoms with van der Waals surface area (Å²) in [4.78, 5) is 37.5. The van der Waals surface area contributed by atoms with Crippen LogP contribution in [-0.4, -0.2) is 41.9 Å².